The number of methoxy groups -OCH3 is 2. The Morgan fingerprint density at radius 3 is 2.75 bits per heavy atom. The van der Waals surface area contributed by atoms with E-state index in [1.54, 1.807) is 24.5 Å². The van der Waals surface area contributed by atoms with Crippen molar-refractivity contribution in [1.29, 1.82) is 0 Å². The lowest BCUT2D eigenvalue weighted by Gasteiger charge is -2.11. The average molecular weight is 217 g/mol. The molecular weight excluding hydrogens is 206 g/mol. The van der Waals surface area contributed by atoms with Crippen LogP contribution in [0, 0.1) is 0 Å². The first-order valence-corrected chi connectivity index (χ1v) is 4.75. The number of hydrogen-bond acceptors (Lipinski definition) is 4. The first-order valence-electron chi connectivity index (χ1n) is 4.75. The lowest BCUT2D eigenvalue weighted by atomic mass is 10.1. The monoisotopic (exact) mass is 217 g/mol. The topological polar surface area (TPSA) is 48.4 Å². The molecule has 0 spiro atoms. The summed E-state index contributed by atoms with van der Waals surface area (Å²) in [4.78, 5) is 15.1. The maximum Gasteiger partial charge on any atom is 0.171 e. The van der Waals surface area contributed by atoms with Gasteiger partial charge in [-0.25, -0.2) is 0 Å². The molecule has 1 aromatic carbocycles. The van der Waals surface area contributed by atoms with E-state index in [0.29, 0.717) is 17.1 Å². The van der Waals surface area contributed by atoms with Crippen LogP contribution in [0.3, 0.4) is 0 Å². The third kappa shape index (κ3) is 1.48. The molecule has 0 fully saturated rings. The summed E-state index contributed by atoms with van der Waals surface area (Å²) >= 11 is 0. The van der Waals surface area contributed by atoms with Crippen LogP contribution in [-0.4, -0.2) is 25.5 Å². The van der Waals surface area contributed by atoms with E-state index in [-0.39, 0.29) is 0 Å². The number of aromatic nitrogens is 1. The zero-order valence-electron chi connectivity index (χ0n) is 9.06. The predicted molar refractivity (Wildman–Crippen MR) is 60.2 cm³/mol. The van der Waals surface area contributed by atoms with Crippen LogP contribution in [-0.2, 0) is 0 Å². The number of fused-ring (bicyclic) bond motifs is 1. The van der Waals surface area contributed by atoms with Crippen molar-refractivity contribution >= 4 is 17.1 Å². The SMILES string of the molecule is COc1cc2cnccc2c(C=O)c1OC. The maximum atomic E-state index is 11.1. The molecule has 16 heavy (non-hydrogen) atoms. The van der Waals surface area contributed by atoms with E-state index in [4.69, 9.17) is 9.47 Å². The molecule has 0 N–H and O–H groups in total. The molecule has 0 aliphatic heterocycles. The Bertz CT molecular complexity index is 537. The van der Waals surface area contributed by atoms with Gasteiger partial charge in [0.2, 0.25) is 0 Å². The number of hydrogen-bond donors (Lipinski definition) is 0. The highest BCUT2D eigenvalue weighted by Gasteiger charge is 2.13. The van der Waals surface area contributed by atoms with Crippen LogP contribution in [0.4, 0.5) is 0 Å². The van der Waals surface area contributed by atoms with Crippen molar-refractivity contribution < 1.29 is 14.3 Å². The van der Waals surface area contributed by atoms with Crippen molar-refractivity contribution in [2.24, 2.45) is 0 Å². The zero-order chi connectivity index (χ0) is 11.5. The fourth-order valence-corrected chi connectivity index (χ4v) is 1.71. The number of rotatable bonds is 3. The molecule has 0 atom stereocenters. The van der Waals surface area contributed by atoms with Crippen LogP contribution in [0.1, 0.15) is 10.4 Å². The summed E-state index contributed by atoms with van der Waals surface area (Å²) in [6.45, 7) is 0. The summed E-state index contributed by atoms with van der Waals surface area (Å²) in [5, 5.41) is 1.66. The van der Waals surface area contributed by atoms with Gasteiger partial charge in [0.1, 0.15) is 0 Å². The van der Waals surface area contributed by atoms with Gasteiger partial charge in [-0.15, -0.1) is 0 Å². The van der Waals surface area contributed by atoms with Crippen molar-refractivity contribution in [2.75, 3.05) is 14.2 Å². The molecule has 82 valence electrons. The first-order chi connectivity index (χ1) is 7.81. The number of carbonyl (C=O) groups is 1. The molecule has 0 bridgehead atoms. The van der Waals surface area contributed by atoms with Crippen LogP contribution in [0.25, 0.3) is 10.8 Å². The molecule has 0 unspecified atom stereocenters. The van der Waals surface area contributed by atoms with E-state index in [0.717, 1.165) is 17.1 Å². The Balaban J connectivity index is 2.87. The largest absolute Gasteiger partial charge is 0.493 e. The highest BCUT2D eigenvalue weighted by molar-refractivity contribution is 6.02. The average Bonchev–Trinajstić information content (AvgIpc) is 2.36. The molecule has 2 aromatic rings. The number of nitrogens with zero attached hydrogens (tertiary/aromatic N) is 1. The Morgan fingerprint density at radius 2 is 2.12 bits per heavy atom. The van der Waals surface area contributed by atoms with Gasteiger partial charge in [-0.05, 0) is 17.5 Å². The van der Waals surface area contributed by atoms with Crippen molar-refractivity contribution in [3.63, 3.8) is 0 Å². The lowest BCUT2D eigenvalue weighted by Crippen LogP contribution is -1.96. The number of carbonyl (C=O) groups excluding carboxylic acids is 1. The normalized spacial score (nSPS) is 10.1. The minimum absolute atomic E-state index is 0.455. The fourth-order valence-electron chi connectivity index (χ4n) is 1.71. The summed E-state index contributed by atoms with van der Waals surface area (Å²) in [6, 6.07) is 3.58. The van der Waals surface area contributed by atoms with Crippen LogP contribution < -0.4 is 9.47 Å². The van der Waals surface area contributed by atoms with Crippen molar-refractivity contribution in [3.05, 3.63) is 30.1 Å². The molecule has 0 saturated heterocycles. The maximum absolute atomic E-state index is 11.1. The number of pyridine rings is 1. The predicted octanol–water partition coefficient (Wildman–Crippen LogP) is 2.06. The highest BCUT2D eigenvalue weighted by Crippen LogP contribution is 2.35. The molecule has 1 aromatic heterocycles. The molecule has 4 nitrogen and oxygen atoms in total. The third-order valence-corrected chi connectivity index (χ3v) is 2.44. The van der Waals surface area contributed by atoms with E-state index in [9.17, 15) is 4.79 Å². The van der Waals surface area contributed by atoms with Gasteiger partial charge in [0.05, 0.1) is 19.8 Å². The van der Waals surface area contributed by atoms with Gasteiger partial charge in [0, 0.05) is 17.8 Å². The third-order valence-electron chi connectivity index (χ3n) is 2.44. The fraction of sp³-hybridized carbons (Fsp3) is 0.167. The summed E-state index contributed by atoms with van der Waals surface area (Å²) in [6.07, 6.45) is 4.09. The summed E-state index contributed by atoms with van der Waals surface area (Å²) in [5.74, 6) is 0.987. The Morgan fingerprint density at radius 1 is 1.31 bits per heavy atom. The van der Waals surface area contributed by atoms with Crippen molar-refractivity contribution in [1.82, 2.24) is 4.98 Å². The van der Waals surface area contributed by atoms with E-state index in [2.05, 4.69) is 4.98 Å². The Hall–Kier alpha value is -2.10. The van der Waals surface area contributed by atoms with Crippen LogP contribution in [0.15, 0.2) is 24.5 Å². The molecule has 0 aliphatic carbocycles. The van der Waals surface area contributed by atoms with Crippen LogP contribution in [0.2, 0.25) is 0 Å². The summed E-state index contributed by atoms with van der Waals surface area (Å²) in [7, 11) is 3.05. The van der Waals surface area contributed by atoms with E-state index in [1.807, 2.05) is 0 Å². The molecular formula is C12H11NO3. The Kier molecular flexibility index (Phi) is 2.72. The van der Waals surface area contributed by atoms with Crippen LogP contribution >= 0.6 is 0 Å². The number of aldehydes is 1. The molecule has 0 radical (unpaired) electrons. The second-order valence-electron chi connectivity index (χ2n) is 3.24. The van der Waals surface area contributed by atoms with Gasteiger partial charge in [-0.1, -0.05) is 0 Å². The molecule has 1 heterocycles. The summed E-state index contributed by atoms with van der Waals surface area (Å²) < 4.78 is 10.4. The minimum Gasteiger partial charge on any atom is -0.493 e. The standard InChI is InChI=1S/C12H11NO3/c1-15-11-5-8-6-13-4-3-9(8)10(7-14)12(11)16-2/h3-7H,1-2H3. The Labute approximate surface area is 92.8 Å². The number of benzene rings is 1. The molecule has 4 heteroatoms. The molecule has 0 saturated carbocycles. The molecule has 0 aliphatic rings. The minimum atomic E-state index is 0.455. The lowest BCUT2D eigenvalue weighted by molar-refractivity contribution is 0.112. The first kappa shape index (κ1) is 10.4. The van der Waals surface area contributed by atoms with Gasteiger partial charge in [-0.2, -0.15) is 0 Å². The van der Waals surface area contributed by atoms with Crippen molar-refractivity contribution in [3.8, 4) is 11.5 Å². The second kappa shape index (κ2) is 4.18. The van der Waals surface area contributed by atoms with Gasteiger partial charge in [0.15, 0.2) is 17.8 Å². The second-order valence-corrected chi connectivity index (χ2v) is 3.24. The van der Waals surface area contributed by atoms with E-state index < -0.39 is 0 Å². The summed E-state index contributed by atoms with van der Waals surface area (Å²) in [5.41, 5.74) is 0.485. The van der Waals surface area contributed by atoms with E-state index in [1.165, 1.54) is 14.2 Å². The number of ether oxygens (including phenoxy) is 2. The van der Waals surface area contributed by atoms with E-state index >= 15 is 0 Å². The van der Waals surface area contributed by atoms with Crippen LogP contribution in [0.5, 0.6) is 11.5 Å². The van der Waals surface area contributed by atoms with Gasteiger partial charge in [0.25, 0.3) is 0 Å². The van der Waals surface area contributed by atoms with Gasteiger partial charge < -0.3 is 9.47 Å². The van der Waals surface area contributed by atoms with Gasteiger partial charge >= 0.3 is 0 Å². The zero-order valence-corrected chi connectivity index (χ0v) is 9.06. The highest BCUT2D eigenvalue weighted by atomic mass is 16.5. The molecule has 0 amide bonds. The molecule has 2 rings (SSSR count). The quantitative estimate of drug-likeness (QED) is 0.738. The van der Waals surface area contributed by atoms with Gasteiger partial charge in [-0.3, -0.25) is 9.78 Å². The smallest absolute Gasteiger partial charge is 0.171 e. The van der Waals surface area contributed by atoms with Crippen molar-refractivity contribution in [2.45, 2.75) is 0 Å².